The molecule has 1 aliphatic rings. The Morgan fingerprint density at radius 2 is 1.96 bits per heavy atom. The molecule has 0 aromatic heterocycles. The van der Waals surface area contributed by atoms with Crippen LogP contribution in [-0.2, 0) is 0 Å². The van der Waals surface area contributed by atoms with Gasteiger partial charge in [0.2, 0.25) is 0 Å². The molecule has 2 aromatic rings. The van der Waals surface area contributed by atoms with Gasteiger partial charge in [-0.15, -0.1) is 0 Å². The Kier molecular flexibility index (Phi) is 4.31. The van der Waals surface area contributed by atoms with E-state index in [1.54, 1.807) is 25.1 Å². The van der Waals surface area contributed by atoms with Gasteiger partial charge in [-0.2, -0.15) is 0 Å². The van der Waals surface area contributed by atoms with Crippen molar-refractivity contribution >= 4 is 34.7 Å². The molecule has 0 saturated heterocycles. The zero-order chi connectivity index (χ0) is 17.3. The third-order valence-electron chi connectivity index (χ3n) is 3.66. The molecule has 0 amide bonds. The van der Waals surface area contributed by atoms with Crippen LogP contribution in [0.5, 0.6) is 5.75 Å². The molecule has 24 heavy (non-hydrogen) atoms. The molecule has 0 spiro atoms. The summed E-state index contributed by atoms with van der Waals surface area (Å²) in [7, 11) is 0. The van der Waals surface area contributed by atoms with Crippen molar-refractivity contribution in [2.75, 3.05) is 11.4 Å². The third-order valence-corrected chi connectivity index (χ3v) is 3.92. The van der Waals surface area contributed by atoms with Crippen LogP contribution in [0.25, 0.3) is 0 Å². The van der Waals surface area contributed by atoms with Crippen LogP contribution >= 0.6 is 11.6 Å². The summed E-state index contributed by atoms with van der Waals surface area (Å²) in [5, 5.41) is 16.7. The summed E-state index contributed by atoms with van der Waals surface area (Å²) in [5.74, 6) is 0.385. The van der Waals surface area contributed by atoms with Gasteiger partial charge >= 0.3 is 0 Å². The van der Waals surface area contributed by atoms with Gasteiger partial charge in [0.15, 0.2) is 5.75 Å². The number of benzene rings is 2. The Morgan fingerprint density at radius 3 is 2.58 bits per heavy atom. The summed E-state index contributed by atoms with van der Waals surface area (Å²) >= 11 is 5.94. The second-order valence-corrected chi connectivity index (χ2v) is 5.73. The average molecular weight is 345 g/mol. The van der Waals surface area contributed by atoms with E-state index < -0.39 is 0 Å². The quantitative estimate of drug-likeness (QED) is 0.632. The van der Waals surface area contributed by atoms with E-state index in [1.165, 1.54) is 17.0 Å². The molecule has 1 heterocycles. The van der Waals surface area contributed by atoms with Crippen molar-refractivity contribution in [1.82, 2.24) is 0 Å². The lowest BCUT2D eigenvalue weighted by atomic mass is 10.00. The minimum absolute atomic E-state index is 0.0337. The lowest BCUT2D eigenvalue weighted by Crippen LogP contribution is -2.35. The summed E-state index contributed by atoms with van der Waals surface area (Å²) in [5.41, 5.74) is 2.55. The molecule has 2 aromatic carbocycles. The topological polar surface area (TPSA) is 72.5 Å². The molecular formula is C17H14ClFN4O. The van der Waals surface area contributed by atoms with Gasteiger partial charge in [-0.1, -0.05) is 23.7 Å². The van der Waals surface area contributed by atoms with Crippen molar-refractivity contribution in [2.45, 2.75) is 6.92 Å². The number of rotatable bonds is 2. The molecule has 0 bridgehead atoms. The lowest BCUT2D eigenvalue weighted by Gasteiger charge is -2.23. The molecule has 3 rings (SSSR count). The van der Waals surface area contributed by atoms with E-state index in [0.717, 1.165) is 5.56 Å². The van der Waals surface area contributed by atoms with Gasteiger partial charge in [0.05, 0.1) is 17.9 Å². The molecule has 0 aliphatic carbocycles. The highest BCUT2D eigenvalue weighted by atomic mass is 35.5. The number of hydrogen-bond acceptors (Lipinski definition) is 4. The molecule has 0 unspecified atom stereocenters. The normalized spacial score (nSPS) is 13.9. The number of nitrogens with zero attached hydrogens (tertiary/aromatic N) is 2. The number of aliphatic imine (C=N–C) groups is 1. The SMILES string of the molecule is CC(=N)N1C(=N)CN=C(c2ccc(Cl)cc2)c2cc(OF)ccc21. The van der Waals surface area contributed by atoms with Crippen LogP contribution < -0.4 is 9.84 Å². The fourth-order valence-corrected chi connectivity index (χ4v) is 2.77. The zero-order valence-electron chi connectivity index (χ0n) is 12.8. The second-order valence-electron chi connectivity index (χ2n) is 5.30. The maximum atomic E-state index is 12.7. The first-order valence-electron chi connectivity index (χ1n) is 7.17. The molecule has 0 radical (unpaired) electrons. The van der Waals surface area contributed by atoms with Crippen LogP contribution in [0.2, 0.25) is 5.02 Å². The van der Waals surface area contributed by atoms with Crippen LogP contribution in [0, 0.1) is 10.8 Å². The van der Waals surface area contributed by atoms with Gasteiger partial charge in [-0.05, 0) is 37.3 Å². The Labute approximate surface area is 143 Å². The number of anilines is 1. The molecule has 7 heteroatoms. The fourth-order valence-electron chi connectivity index (χ4n) is 2.64. The monoisotopic (exact) mass is 344 g/mol. The van der Waals surface area contributed by atoms with Crippen LogP contribution in [-0.4, -0.2) is 23.9 Å². The van der Waals surface area contributed by atoms with Crippen molar-refractivity contribution in [1.29, 1.82) is 10.8 Å². The number of nitrogens with one attached hydrogen (secondary N) is 2. The summed E-state index contributed by atoms with van der Waals surface area (Å²) < 4.78 is 12.7. The number of hydrogen-bond donors (Lipinski definition) is 2. The summed E-state index contributed by atoms with van der Waals surface area (Å²) in [6, 6.07) is 11.7. The number of fused-ring (bicyclic) bond motifs is 1. The zero-order valence-corrected chi connectivity index (χ0v) is 13.6. The molecule has 0 atom stereocenters. The Hall–Kier alpha value is -2.73. The molecule has 0 fully saturated rings. The van der Waals surface area contributed by atoms with Gasteiger partial charge in [0.25, 0.3) is 0 Å². The maximum Gasteiger partial charge on any atom is 0.172 e. The highest BCUT2D eigenvalue weighted by Gasteiger charge is 2.25. The molecular weight excluding hydrogens is 331 g/mol. The van der Waals surface area contributed by atoms with Gasteiger partial charge in [0, 0.05) is 20.7 Å². The van der Waals surface area contributed by atoms with E-state index in [-0.39, 0.29) is 24.0 Å². The Morgan fingerprint density at radius 1 is 1.25 bits per heavy atom. The molecule has 1 aliphatic heterocycles. The summed E-state index contributed by atoms with van der Waals surface area (Å²) in [4.78, 5) is 9.81. The standard InChI is InChI=1S/C17H14ClFN4O/c1-10(20)23-15-7-6-13(24-19)8-14(15)17(22-9-16(23)21)11-2-4-12(18)5-3-11/h2-8,20-21H,9H2,1H3. The minimum atomic E-state index is 0.0337. The van der Waals surface area contributed by atoms with Crippen molar-refractivity contribution in [2.24, 2.45) is 4.99 Å². The first kappa shape index (κ1) is 16.1. The Bertz CT molecular complexity index is 848. The van der Waals surface area contributed by atoms with Crippen molar-refractivity contribution in [3.05, 3.63) is 58.6 Å². The second kappa shape index (κ2) is 6.41. The largest absolute Gasteiger partial charge is 0.294 e. The number of benzodiazepines with no additional fused rings is 1. The van der Waals surface area contributed by atoms with Crippen molar-refractivity contribution in [3.8, 4) is 5.75 Å². The van der Waals surface area contributed by atoms with E-state index in [0.29, 0.717) is 22.0 Å². The number of halogens is 2. The molecule has 2 N–H and O–H groups in total. The van der Waals surface area contributed by atoms with Gasteiger partial charge < -0.3 is 0 Å². The lowest BCUT2D eigenvalue weighted by molar-refractivity contribution is -0.00620. The van der Waals surface area contributed by atoms with Crippen LogP contribution in [0.15, 0.2) is 47.5 Å². The summed E-state index contributed by atoms with van der Waals surface area (Å²) in [6.45, 7) is 1.69. The van der Waals surface area contributed by atoms with Gasteiger partial charge in [-0.25, -0.2) is 0 Å². The third kappa shape index (κ3) is 2.88. The predicted octanol–water partition coefficient (Wildman–Crippen LogP) is 4.24. The van der Waals surface area contributed by atoms with E-state index in [1.807, 2.05) is 12.1 Å². The highest BCUT2D eigenvalue weighted by Crippen LogP contribution is 2.31. The highest BCUT2D eigenvalue weighted by molar-refractivity contribution is 6.31. The molecule has 0 saturated carbocycles. The van der Waals surface area contributed by atoms with E-state index in [9.17, 15) is 4.53 Å². The van der Waals surface area contributed by atoms with Crippen LogP contribution in [0.4, 0.5) is 10.2 Å². The minimum Gasteiger partial charge on any atom is -0.294 e. The first-order chi connectivity index (χ1) is 11.5. The van der Waals surface area contributed by atoms with Gasteiger partial charge in [-0.3, -0.25) is 25.7 Å². The average Bonchev–Trinajstić information content (AvgIpc) is 2.71. The first-order valence-corrected chi connectivity index (χ1v) is 7.55. The van der Waals surface area contributed by atoms with E-state index in [2.05, 4.69) is 9.93 Å². The van der Waals surface area contributed by atoms with Crippen LogP contribution in [0.1, 0.15) is 18.1 Å². The maximum absolute atomic E-state index is 12.7. The molecule has 5 nitrogen and oxygen atoms in total. The number of amidine groups is 2. The summed E-state index contributed by atoms with van der Waals surface area (Å²) in [6.07, 6.45) is 0. The molecule has 122 valence electrons. The fraction of sp³-hybridized carbons (Fsp3) is 0.118. The van der Waals surface area contributed by atoms with E-state index >= 15 is 0 Å². The van der Waals surface area contributed by atoms with Gasteiger partial charge in [0.1, 0.15) is 11.7 Å². The van der Waals surface area contributed by atoms with Crippen molar-refractivity contribution in [3.63, 3.8) is 0 Å². The Balaban J connectivity index is 2.23. The van der Waals surface area contributed by atoms with Crippen molar-refractivity contribution < 1.29 is 9.47 Å². The smallest absolute Gasteiger partial charge is 0.172 e. The van der Waals surface area contributed by atoms with Crippen LogP contribution in [0.3, 0.4) is 0 Å². The predicted molar refractivity (Wildman–Crippen MR) is 93.7 cm³/mol. The van der Waals surface area contributed by atoms with E-state index in [4.69, 9.17) is 22.4 Å².